The number of anilines is 1. The molecule has 1 aliphatic rings. The molecule has 13 heavy (non-hydrogen) atoms. The summed E-state index contributed by atoms with van der Waals surface area (Å²) in [7, 11) is 3.27. The predicted molar refractivity (Wildman–Crippen MR) is 59.7 cm³/mol. The number of nitrogens with one attached hydrogen (secondary N) is 1. The van der Waals surface area contributed by atoms with Crippen LogP contribution in [0.15, 0.2) is 17.0 Å². The van der Waals surface area contributed by atoms with Gasteiger partial charge in [0.2, 0.25) is 0 Å². The number of hydrogen-bond acceptors (Lipinski definition) is 4. The van der Waals surface area contributed by atoms with Crippen LogP contribution in [0.3, 0.4) is 0 Å². The van der Waals surface area contributed by atoms with Crippen molar-refractivity contribution >= 4 is 39.1 Å². The van der Waals surface area contributed by atoms with E-state index in [1.54, 1.807) is 21.8 Å². The number of fused-ring (bicyclic) bond motifs is 1. The second kappa shape index (κ2) is 3.90. The number of halogens is 1. The molecule has 0 fully saturated rings. The summed E-state index contributed by atoms with van der Waals surface area (Å²) in [6.45, 7) is 2.59. The summed E-state index contributed by atoms with van der Waals surface area (Å²) in [6, 6.07) is 3.87. The first-order chi connectivity index (χ1) is 6.31. The van der Waals surface area contributed by atoms with Crippen LogP contribution in [0.5, 0.6) is 5.75 Å². The molecule has 1 aliphatic heterocycles. The van der Waals surface area contributed by atoms with Gasteiger partial charge in [-0.25, -0.2) is 0 Å². The van der Waals surface area contributed by atoms with Crippen LogP contribution in [0.4, 0.5) is 5.69 Å². The first kappa shape index (κ1) is 9.37. The summed E-state index contributed by atoms with van der Waals surface area (Å²) in [5.74, 6) is 0.764. The Labute approximate surface area is 89.9 Å². The fourth-order valence-electron chi connectivity index (χ4n) is 1.06. The van der Waals surface area contributed by atoms with Gasteiger partial charge in [-0.1, -0.05) is 11.6 Å². The van der Waals surface area contributed by atoms with Crippen molar-refractivity contribution in [1.29, 1.82) is 0 Å². The molecule has 0 amide bonds. The molecule has 0 aliphatic carbocycles. The van der Waals surface area contributed by atoms with E-state index in [9.17, 15) is 0 Å². The third-order valence-electron chi connectivity index (χ3n) is 1.62. The Kier molecular flexibility index (Phi) is 2.81. The molecule has 0 saturated heterocycles. The lowest BCUT2D eigenvalue weighted by Crippen LogP contribution is -1.92. The van der Waals surface area contributed by atoms with Crippen molar-refractivity contribution in [3.8, 4) is 5.75 Å². The summed E-state index contributed by atoms with van der Waals surface area (Å²) < 4.78 is 8.53. The lowest BCUT2D eigenvalue weighted by Gasteiger charge is -2.06. The molecule has 0 aromatic heterocycles. The van der Waals surface area contributed by atoms with Crippen molar-refractivity contribution in [1.82, 2.24) is 0 Å². The molecule has 0 saturated carbocycles. The van der Waals surface area contributed by atoms with E-state index in [1.165, 1.54) is 4.90 Å². The highest BCUT2D eigenvalue weighted by molar-refractivity contribution is 8.77. The zero-order chi connectivity index (χ0) is 9.26. The fraction of sp³-hybridized carbons (Fsp3) is 0.250. The molecule has 2 nitrogen and oxygen atoms in total. The van der Waals surface area contributed by atoms with Crippen LogP contribution >= 0.6 is 33.4 Å². The molecular formula is C8H8ClNOS2. The van der Waals surface area contributed by atoms with Gasteiger partial charge in [0.15, 0.2) is 0 Å². The van der Waals surface area contributed by atoms with Gasteiger partial charge in [0, 0.05) is 15.9 Å². The second-order valence-corrected chi connectivity index (χ2v) is 4.87. The molecular weight excluding hydrogens is 226 g/mol. The number of benzene rings is 1. The predicted octanol–water partition coefficient (Wildman–Crippen LogP) is 3.82. The molecule has 1 aromatic carbocycles. The first-order valence-corrected chi connectivity index (χ1v) is 6.40. The molecule has 0 radical (unpaired) electrons. The average Bonchev–Trinajstić information content (AvgIpc) is 2.52. The smallest absolute Gasteiger partial charge is 0.139 e. The highest BCUT2D eigenvalue weighted by Gasteiger charge is 2.15. The Morgan fingerprint density at radius 3 is 3.15 bits per heavy atom. The lowest BCUT2D eigenvalue weighted by molar-refractivity contribution is 0.340. The van der Waals surface area contributed by atoms with Crippen molar-refractivity contribution in [3.05, 3.63) is 17.2 Å². The van der Waals surface area contributed by atoms with E-state index >= 15 is 0 Å². The summed E-state index contributed by atoms with van der Waals surface area (Å²) >= 11 is 6.00. The van der Waals surface area contributed by atoms with Crippen molar-refractivity contribution in [2.75, 3.05) is 11.3 Å². The largest absolute Gasteiger partial charge is 0.492 e. The minimum Gasteiger partial charge on any atom is -0.492 e. The maximum Gasteiger partial charge on any atom is 0.139 e. The first-order valence-electron chi connectivity index (χ1n) is 3.87. The van der Waals surface area contributed by atoms with Crippen LogP contribution in [0, 0.1) is 0 Å². The van der Waals surface area contributed by atoms with E-state index in [4.69, 9.17) is 16.3 Å². The SMILES string of the molecule is CCOc1cc2c(cc1Cl)NSS2. The van der Waals surface area contributed by atoms with E-state index < -0.39 is 0 Å². The number of hydrogen-bond donors (Lipinski definition) is 1. The van der Waals surface area contributed by atoms with Gasteiger partial charge >= 0.3 is 0 Å². The van der Waals surface area contributed by atoms with Crippen LogP contribution in [-0.2, 0) is 0 Å². The maximum atomic E-state index is 6.00. The van der Waals surface area contributed by atoms with E-state index in [0.717, 1.165) is 11.4 Å². The Bertz CT molecular complexity index is 332. The second-order valence-electron chi connectivity index (χ2n) is 2.48. The standard InChI is InChI=1S/C8H8ClNOS2/c1-2-11-7-4-8-6(3-5(7)9)10-13-12-8/h3-4,10H,2H2,1H3. The van der Waals surface area contributed by atoms with Gasteiger partial charge in [-0.3, -0.25) is 0 Å². The molecule has 0 bridgehead atoms. The molecule has 70 valence electrons. The Morgan fingerprint density at radius 2 is 2.38 bits per heavy atom. The quantitative estimate of drug-likeness (QED) is 0.619. The highest BCUT2D eigenvalue weighted by atomic mass is 35.5. The Morgan fingerprint density at radius 1 is 1.54 bits per heavy atom. The summed E-state index contributed by atoms with van der Waals surface area (Å²) in [6.07, 6.45) is 0. The van der Waals surface area contributed by atoms with Crippen LogP contribution in [0.2, 0.25) is 5.02 Å². The molecule has 0 unspecified atom stereocenters. The molecule has 2 rings (SSSR count). The topological polar surface area (TPSA) is 21.3 Å². The minimum absolute atomic E-state index is 0.643. The van der Waals surface area contributed by atoms with Gasteiger partial charge in [0.25, 0.3) is 0 Å². The number of rotatable bonds is 2. The third kappa shape index (κ3) is 1.85. The molecule has 1 heterocycles. The van der Waals surface area contributed by atoms with E-state index in [0.29, 0.717) is 11.6 Å². The van der Waals surface area contributed by atoms with Crippen LogP contribution in [-0.4, -0.2) is 6.61 Å². The molecule has 1 aromatic rings. The Hall–Kier alpha value is -0.190. The highest BCUT2D eigenvalue weighted by Crippen LogP contribution is 2.47. The maximum absolute atomic E-state index is 6.00. The molecule has 1 N–H and O–H groups in total. The minimum atomic E-state index is 0.643. The van der Waals surface area contributed by atoms with E-state index in [1.807, 2.05) is 19.1 Å². The molecule has 5 heteroatoms. The van der Waals surface area contributed by atoms with E-state index in [-0.39, 0.29) is 0 Å². The van der Waals surface area contributed by atoms with Crippen molar-refractivity contribution in [2.24, 2.45) is 0 Å². The third-order valence-corrected chi connectivity index (χ3v) is 3.85. The van der Waals surface area contributed by atoms with Gasteiger partial charge in [-0.05, 0) is 29.9 Å². The van der Waals surface area contributed by atoms with Gasteiger partial charge in [0.1, 0.15) is 5.75 Å². The van der Waals surface area contributed by atoms with Gasteiger partial charge in [0.05, 0.1) is 17.3 Å². The van der Waals surface area contributed by atoms with Crippen molar-refractivity contribution in [2.45, 2.75) is 11.8 Å². The van der Waals surface area contributed by atoms with Crippen molar-refractivity contribution in [3.63, 3.8) is 0 Å². The number of ether oxygens (including phenoxy) is 1. The van der Waals surface area contributed by atoms with Crippen LogP contribution in [0.1, 0.15) is 6.92 Å². The average molecular weight is 234 g/mol. The summed E-state index contributed by atoms with van der Waals surface area (Å²) in [5.41, 5.74) is 1.07. The van der Waals surface area contributed by atoms with Gasteiger partial charge in [-0.15, -0.1) is 0 Å². The van der Waals surface area contributed by atoms with Crippen LogP contribution in [0.25, 0.3) is 0 Å². The van der Waals surface area contributed by atoms with Gasteiger partial charge < -0.3 is 9.46 Å². The summed E-state index contributed by atoms with van der Waals surface area (Å²) in [5, 5.41) is 0.663. The molecule has 0 atom stereocenters. The summed E-state index contributed by atoms with van der Waals surface area (Å²) in [4.78, 5) is 1.18. The van der Waals surface area contributed by atoms with Crippen LogP contribution < -0.4 is 9.46 Å². The zero-order valence-electron chi connectivity index (χ0n) is 6.96. The van der Waals surface area contributed by atoms with Crippen molar-refractivity contribution < 1.29 is 4.74 Å². The lowest BCUT2D eigenvalue weighted by atomic mass is 10.3. The normalized spacial score (nSPS) is 13.7. The zero-order valence-corrected chi connectivity index (χ0v) is 9.35. The monoisotopic (exact) mass is 233 g/mol. The molecule has 0 spiro atoms. The van der Waals surface area contributed by atoms with Gasteiger partial charge in [-0.2, -0.15) is 0 Å². The fourth-order valence-corrected chi connectivity index (χ4v) is 3.17. The Balaban J connectivity index is 2.37. The van der Waals surface area contributed by atoms with E-state index in [2.05, 4.69) is 4.72 Å².